The van der Waals surface area contributed by atoms with Crippen LogP contribution in [0.1, 0.15) is 55.3 Å². The van der Waals surface area contributed by atoms with E-state index in [1.807, 2.05) is 31.1 Å². The first kappa shape index (κ1) is 30.2. The summed E-state index contributed by atoms with van der Waals surface area (Å²) in [5, 5.41) is 10.6. The van der Waals surface area contributed by atoms with Crippen molar-refractivity contribution in [3.05, 3.63) is 96.6 Å². The van der Waals surface area contributed by atoms with Gasteiger partial charge in [-0.25, -0.2) is 4.39 Å². The molecule has 4 aromatic rings. The van der Waals surface area contributed by atoms with E-state index in [1.54, 1.807) is 41.7 Å². The Morgan fingerprint density at radius 3 is 2.66 bits per heavy atom. The average molecular weight is 617 g/mol. The number of carbonyl (C=O) groups excluding carboxylic acids is 1. The molecule has 0 atom stereocenters. The number of amides is 1. The Hall–Kier alpha value is -3.86. The number of carbonyl (C=O) groups is 1. The molecule has 4 heterocycles. The van der Waals surface area contributed by atoms with E-state index >= 15 is 4.39 Å². The Bertz CT molecular complexity index is 1760. The summed E-state index contributed by atoms with van der Waals surface area (Å²) >= 11 is 1.57. The number of pyridine rings is 2. The number of aryl methyl sites for hydroxylation is 2. The lowest BCUT2D eigenvalue weighted by Crippen LogP contribution is -2.37. The van der Waals surface area contributed by atoms with Crippen molar-refractivity contribution < 1.29 is 19.0 Å². The maximum atomic E-state index is 15.3. The number of anilines is 1. The summed E-state index contributed by atoms with van der Waals surface area (Å²) in [6.45, 7) is 1.35. The molecule has 0 spiro atoms. The molecule has 1 amide bonds. The van der Waals surface area contributed by atoms with E-state index in [4.69, 9.17) is 4.74 Å². The van der Waals surface area contributed by atoms with Gasteiger partial charge in [0, 0.05) is 54.5 Å². The second kappa shape index (κ2) is 12.6. The third-order valence-electron chi connectivity index (χ3n) is 8.49. The molecular weight excluding hydrogens is 579 g/mol. The summed E-state index contributed by atoms with van der Waals surface area (Å²) < 4.78 is 22.5. The Morgan fingerprint density at radius 1 is 1.09 bits per heavy atom. The van der Waals surface area contributed by atoms with Crippen LogP contribution in [0.5, 0.6) is 5.75 Å². The highest BCUT2D eigenvalue weighted by atomic mass is 32.1. The predicted octanol–water partition coefficient (Wildman–Crippen LogP) is 4.75. The van der Waals surface area contributed by atoms with Crippen molar-refractivity contribution in [2.45, 2.75) is 45.1 Å². The molecule has 1 aromatic carbocycles. The summed E-state index contributed by atoms with van der Waals surface area (Å²) in [6.07, 6.45) is 8.57. The van der Waals surface area contributed by atoms with Crippen molar-refractivity contribution in [2.24, 2.45) is 7.05 Å². The standard InChI is InChI=1S/C34H37FN4O4S/c1-37(2)12-13-43-25-9-8-24(36-18-25)15-21-14-22(19-38(3)33(21)41)28-16-23(35)17-30(29(28)20-40)39-11-10-27-26-6-4-5-7-31(26)44-32(27)34(39)42/h8-9,14,16-19,40H,4-7,10-13,15,20H2,1-3H3. The maximum absolute atomic E-state index is 15.3. The van der Waals surface area contributed by atoms with E-state index in [-0.39, 0.29) is 17.9 Å². The summed E-state index contributed by atoms with van der Waals surface area (Å²) in [5.74, 6) is -0.00399. The minimum absolute atomic E-state index is 0.140. The molecule has 0 unspecified atom stereocenters. The molecule has 0 saturated carbocycles. The van der Waals surface area contributed by atoms with Crippen molar-refractivity contribution in [1.29, 1.82) is 0 Å². The zero-order chi connectivity index (χ0) is 31.0. The highest BCUT2D eigenvalue weighted by molar-refractivity contribution is 7.14. The van der Waals surface area contributed by atoms with Crippen LogP contribution in [-0.4, -0.2) is 59.3 Å². The predicted molar refractivity (Wildman–Crippen MR) is 170 cm³/mol. The molecule has 0 saturated heterocycles. The fourth-order valence-electron chi connectivity index (χ4n) is 6.23. The number of hydrogen-bond donors (Lipinski definition) is 1. The number of nitrogens with zero attached hydrogens (tertiary/aromatic N) is 4. The normalized spacial score (nSPS) is 14.6. The van der Waals surface area contributed by atoms with E-state index in [0.29, 0.717) is 59.0 Å². The highest BCUT2D eigenvalue weighted by Crippen LogP contribution is 2.40. The van der Waals surface area contributed by atoms with Gasteiger partial charge in [-0.05, 0) is 98.8 Å². The number of likely N-dealkylation sites (N-methyl/N-ethyl adjacent to an activating group) is 1. The van der Waals surface area contributed by atoms with Crippen LogP contribution in [0, 0.1) is 5.82 Å². The molecule has 1 aliphatic carbocycles. The van der Waals surface area contributed by atoms with Gasteiger partial charge in [-0.1, -0.05) is 0 Å². The number of rotatable bonds is 9. The van der Waals surface area contributed by atoms with Gasteiger partial charge in [-0.15, -0.1) is 11.3 Å². The van der Waals surface area contributed by atoms with Gasteiger partial charge in [0.15, 0.2) is 0 Å². The number of benzene rings is 1. The van der Waals surface area contributed by atoms with Crippen LogP contribution >= 0.6 is 11.3 Å². The lowest BCUT2D eigenvalue weighted by molar-refractivity contribution is 0.0984. The van der Waals surface area contributed by atoms with E-state index in [0.717, 1.165) is 42.7 Å². The van der Waals surface area contributed by atoms with Crippen molar-refractivity contribution >= 4 is 22.9 Å². The fraction of sp³-hybridized carbons (Fsp3) is 0.382. The Labute approximate surface area is 260 Å². The summed E-state index contributed by atoms with van der Waals surface area (Å²) in [6, 6.07) is 8.09. The van der Waals surface area contributed by atoms with Crippen molar-refractivity contribution in [3.8, 4) is 16.9 Å². The van der Waals surface area contributed by atoms with Crippen LogP contribution in [0.15, 0.2) is 47.5 Å². The molecular formula is C34H37FN4O4S. The quantitative estimate of drug-likeness (QED) is 0.292. The van der Waals surface area contributed by atoms with Crippen LogP contribution in [-0.2, 0) is 39.3 Å². The van der Waals surface area contributed by atoms with Gasteiger partial charge in [-0.2, -0.15) is 0 Å². The third-order valence-corrected chi connectivity index (χ3v) is 9.81. The lowest BCUT2D eigenvalue weighted by atomic mass is 9.91. The number of thiophene rings is 1. The fourth-order valence-corrected chi connectivity index (χ4v) is 7.62. The molecule has 8 nitrogen and oxygen atoms in total. The van der Waals surface area contributed by atoms with Gasteiger partial charge >= 0.3 is 0 Å². The Balaban J connectivity index is 1.31. The summed E-state index contributed by atoms with van der Waals surface area (Å²) in [7, 11) is 5.61. The number of aliphatic hydroxyl groups is 1. The molecule has 1 aliphatic heterocycles. The van der Waals surface area contributed by atoms with Crippen LogP contribution in [0.2, 0.25) is 0 Å². The van der Waals surface area contributed by atoms with Crippen LogP contribution in [0.4, 0.5) is 10.1 Å². The van der Waals surface area contributed by atoms with Crippen LogP contribution in [0.25, 0.3) is 11.1 Å². The molecule has 0 fully saturated rings. The van der Waals surface area contributed by atoms with Gasteiger partial charge in [-0.3, -0.25) is 14.6 Å². The first-order chi connectivity index (χ1) is 21.2. The lowest BCUT2D eigenvalue weighted by Gasteiger charge is -2.30. The zero-order valence-electron chi connectivity index (χ0n) is 25.4. The highest BCUT2D eigenvalue weighted by Gasteiger charge is 2.33. The van der Waals surface area contributed by atoms with Crippen molar-refractivity contribution in [2.75, 3.05) is 38.7 Å². The topological polar surface area (TPSA) is 87.9 Å². The minimum Gasteiger partial charge on any atom is -0.491 e. The second-order valence-corrected chi connectivity index (χ2v) is 12.9. The first-order valence-corrected chi connectivity index (χ1v) is 15.9. The van der Waals surface area contributed by atoms with Gasteiger partial charge in [0.05, 0.1) is 23.4 Å². The van der Waals surface area contributed by atoms with Crippen molar-refractivity contribution in [1.82, 2.24) is 14.5 Å². The van der Waals surface area contributed by atoms with Gasteiger partial charge in [0.25, 0.3) is 11.5 Å². The molecule has 0 bridgehead atoms. The van der Waals surface area contributed by atoms with E-state index in [9.17, 15) is 14.7 Å². The largest absolute Gasteiger partial charge is 0.491 e. The number of ether oxygens (including phenoxy) is 1. The summed E-state index contributed by atoms with van der Waals surface area (Å²) in [4.78, 5) is 37.1. The number of fused-ring (bicyclic) bond motifs is 3. The van der Waals surface area contributed by atoms with Crippen LogP contribution < -0.4 is 15.2 Å². The Morgan fingerprint density at radius 2 is 1.91 bits per heavy atom. The number of hydrogen-bond acceptors (Lipinski definition) is 7. The monoisotopic (exact) mass is 616 g/mol. The van der Waals surface area contributed by atoms with E-state index in [1.165, 1.54) is 27.1 Å². The van der Waals surface area contributed by atoms with E-state index in [2.05, 4.69) is 4.98 Å². The van der Waals surface area contributed by atoms with Crippen LogP contribution in [0.3, 0.4) is 0 Å². The molecule has 1 N–H and O–H groups in total. The summed E-state index contributed by atoms with van der Waals surface area (Å²) in [5.41, 5.74) is 5.31. The molecule has 6 rings (SSSR count). The van der Waals surface area contributed by atoms with Gasteiger partial charge in [0.2, 0.25) is 0 Å². The molecule has 2 aliphatic rings. The van der Waals surface area contributed by atoms with Gasteiger partial charge < -0.3 is 24.2 Å². The number of aromatic nitrogens is 2. The molecule has 44 heavy (non-hydrogen) atoms. The Kier molecular flexibility index (Phi) is 8.66. The number of halogens is 1. The van der Waals surface area contributed by atoms with E-state index < -0.39 is 12.4 Å². The first-order valence-electron chi connectivity index (χ1n) is 15.0. The minimum atomic E-state index is -0.516. The van der Waals surface area contributed by atoms with Crippen molar-refractivity contribution in [3.63, 3.8) is 0 Å². The molecule has 230 valence electrons. The second-order valence-electron chi connectivity index (χ2n) is 11.8. The molecule has 10 heteroatoms. The molecule has 0 radical (unpaired) electrons. The van der Waals surface area contributed by atoms with Gasteiger partial charge in [0.1, 0.15) is 18.2 Å². The number of aliphatic hydroxyl groups excluding tert-OH is 1. The maximum Gasteiger partial charge on any atom is 0.268 e. The third kappa shape index (κ3) is 5.94. The zero-order valence-corrected chi connectivity index (χ0v) is 26.2. The smallest absolute Gasteiger partial charge is 0.268 e. The molecule has 3 aromatic heterocycles. The SMILES string of the molecule is CN(C)CCOc1ccc(Cc2cc(-c3cc(F)cc(N4CCc5c(sc6c5CCCC6)C4=O)c3CO)cn(C)c2=O)nc1. The average Bonchev–Trinajstić information content (AvgIpc) is 3.39.